The predicted molar refractivity (Wildman–Crippen MR) is 83.4 cm³/mol. The maximum atomic E-state index is 5.98. The quantitative estimate of drug-likeness (QED) is 0.653. The van der Waals surface area contributed by atoms with E-state index in [0.717, 1.165) is 33.3 Å². The first-order valence-electron chi connectivity index (χ1n) is 6.27. The Morgan fingerprint density at radius 1 is 1.42 bits per heavy atom. The molecule has 4 nitrogen and oxygen atoms in total. The molecule has 0 spiro atoms. The molecule has 0 saturated heterocycles. The van der Waals surface area contributed by atoms with Crippen LogP contribution in [0.5, 0.6) is 0 Å². The summed E-state index contributed by atoms with van der Waals surface area (Å²) in [6, 6.07) is 5.82. The number of ether oxygens (including phenoxy) is 1. The van der Waals surface area contributed by atoms with Gasteiger partial charge in [-0.1, -0.05) is 0 Å². The van der Waals surface area contributed by atoms with Crippen molar-refractivity contribution in [3.05, 3.63) is 28.9 Å². The Hall–Kier alpha value is -1.33. The molecule has 0 aliphatic rings. The lowest BCUT2D eigenvalue weighted by Gasteiger charge is -2.12. The molecule has 19 heavy (non-hydrogen) atoms. The Morgan fingerprint density at radius 3 is 2.95 bits per heavy atom. The topological polar surface area (TPSA) is 60.2 Å². The van der Waals surface area contributed by atoms with E-state index in [1.165, 1.54) is 0 Å². The molecule has 2 aromatic rings. The van der Waals surface area contributed by atoms with E-state index >= 15 is 0 Å². The molecular weight excluding hydrogens is 306 g/mol. The molecular formula is C14H18BrN3O. The standard InChI is InChI=1S/C14H18BrN3O/c1-9(2)19-6-5-17-13-4-3-12(16)11-7-10(15)8-18-14(11)13/h3-4,7-9,17H,5-6,16H2,1-2H3. The molecule has 102 valence electrons. The Kier molecular flexibility index (Phi) is 4.61. The van der Waals surface area contributed by atoms with E-state index in [4.69, 9.17) is 10.5 Å². The van der Waals surface area contributed by atoms with Gasteiger partial charge in [-0.3, -0.25) is 4.98 Å². The second-order valence-corrected chi connectivity index (χ2v) is 5.51. The SMILES string of the molecule is CC(C)OCCNc1ccc(N)c2cc(Br)cnc12. The summed E-state index contributed by atoms with van der Waals surface area (Å²) in [6.45, 7) is 5.46. The molecule has 3 N–H and O–H groups in total. The summed E-state index contributed by atoms with van der Waals surface area (Å²) < 4.78 is 6.43. The highest BCUT2D eigenvalue weighted by molar-refractivity contribution is 9.10. The minimum atomic E-state index is 0.249. The third-order valence-electron chi connectivity index (χ3n) is 2.72. The second kappa shape index (κ2) is 6.21. The Bertz CT molecular complexity index is 572. The number of hydrogen-bond acceptors (Lipinski definition) is 4. The number of nitrogens with one attached hydrogen (secondary N) is 1. The number of halogens is 1. The first-order valence-corrected chi connectivity index (χ1v) is 7.06. The summed E-state index contributed by atoms with van der Waals surface area (Å²) in [5.41, 5.74) is 8.56. The highest BCUT2D eigenvalue weighted by Crippen LogP contribution is 2.28. The summed E-state index contributed by atoms with van der Waals surface area (Å²) in [7, 11) is 0. The van der Waals surface area contributed by atoms with Crippen LogP contribution in [0.15, 0.2) is 28.9 Å². The fraction of sp³-hybridized carbons (Fsp3) is 0.357. The first kappa shape index (κ1) is 14.1. The van der Waals surface area contributed by atoms with Gasteiger partial charge in [-0.2, -0.15) is 0 Å². The van der Waals surface area contributed by atoms with Crippen LogP contribution in [0, 0.1) is 0 Å². The number of nitrogens with zero attached hydrogens (tertiary/aromatic N) is 1. The number of rotatable bonds is 5. The van der Waals surface area contributed by atoms with Crippen LogP contribution in [-0.4, -0.2) is 24.2 Å². The Morgan fingerprint density at radius 2 is 2.21 bits per heavy atom. The summed E-state index contributed by atoms with van der Waals surface area (Å²) in [5, 5.41) is 4.28. The van der Waals surface area contributed by atoms with Crippen molar-refractivity contribution in [1.82, 2.24) is 4.98 Å². The third kappa shape index (κ3) is 3.58. The second-order valence-electron chi connectivity index (χ2n) is 4.60. The molecule has 0 unspecified atom stereocenters. The van der Waals surface area contributed by atoms with Gasteiger partial charge in [0.25, 0.3) is 0 Å². The largest absolute Gasteiger partial charge is 0.398 e. The number of benzene rings is 1. The molecule has 0 amide bonds. The molecule has 0 aliphatic carbocycles. The highest BCUT2D eigenvalue weighted by Gasteiger charge is 2.06. The number of pyridine rings is 1. The molecule has 0 aliphatic heterocycles. The van der Waals surface area contributed by atoms with Gasteiger partial charge in [-0.25, -0.2) is 0 Å². The number of nitrogen functional groups attached to an aromatic ring is 1. The highest BCUT2D eigenvalue weighted by atomic mass is 79.9. The van der Waals surface area contributed by atoms with E-state index in [2.05, 4.69) is 26.2 Å². The van der Waals surface area contributed by atoms with Crippen molar-refractivity contribution in [2.45, 2.75) is 20.0 Å². The first-order chi connectivity index (χ1) is 9.08. The molecule has 2 rings (SSSR count). The average Bonchev–Trinajstić information content (AvgIpc) is 2.37. The van der Waals surface area contributed by atoms with Crippen molar-refractivity contribution in [2.75, 3.05) is 24.2 Å². The van der Waals surface area contributed by atoms with Gasteiger partial charge >= 0.3 is 0 Å². The van der Waals surface area contributed by atoms with Crippen molar-refractivity contribution < 1.29 is 4.74 Å². The number of hydrogen-bond donors (Lipinski definition) is 2. The van der Waals surface area contributed by atoms with E-state index in [1.807, 2.05) is 32.0 Å². The predicted octanol–water partition coefficient (Wildman–Crippen LogP) is 3.42. The van der Waals surface area contributed by atoms with Gasteiger partial charge in [0, 0.05) is 28.3 Å². The van der Waals surface area contributed by atoms with Crippen molar-refractivity contribution >= 4 is 38.2 Å². The van der Waals surface area contributed by atoms with E-state index < -0.39 is 0 Å². The molecule has 0 fully saturated rings. The molecule has 0 atom stereocenters. The molecule has 0 bridgehead atoms. The van der Waals surface area contributed by atoms with Crippen LogP contribution < -0.4 is 11.1 Å². The summed E-state index contributed by atoms with van der Waals surface area (Å²) >= 11 is 3.41. The van der Waals surface area contributed by atoms with Crippen LogP contribution in [0.25, 0.3) is 10.9 Å². The molecule has 1 aromatic carbocycles. The van der Waals surface area contributed by atoms with Gasteiger partial charge in [-0.15, -0.1) is 0 Å². The van der Waals surface area contributed by atoms with Crippen LogP contribution in [0.3, 0.4) is 0 Å². The maximum Gasteiger partial charge on any atom is 0.0954 e. The Balaban J connectivity index is 2.17. The molecule has 0 saturated carbocycles. The van der Waals surface area contributed by atoms with E-state index in [-0.39, 0.29) is 6.10 Å². The van der Waals surface area contributed by atoms with Crippen molar-refractivity contribution in [3.63, 3.8) is 0 Å². The molecule has 0 radical (unpaired) electrons. The molecule has 5 heteroatoms. The third-order valence-corrected chi connectivity index (χ3v) is 3.15. The minimum Gasteiger partial charge on any atom is -0.398 e. The lowest BCUT2D eigenvalue weighted by atomic mass is 10.1. The number of fused-ring (bicyclic) bond motifs is 1. The normalized spacial score (nSPS) is 11.2. The van der Waals surface area contributed by atoms with Gasteiger partial charge in [0.05, 0.1) is 23.9 Å². The van der Waals surface area contributed by atoms with Gasteiger partial charge in [-0.05, 0) is 48.0 Å². The zero-order chi connectivity index (χ0) is 13.8. The van der Waals surface area contributed by atoms with Crippen LogP contribution >= 0.6 is 15.9 Å². The van der Waals surface area contributed by atoms with Crippen LogP contribution in [-0.2, 0) is 4.74 Å². The number of nitrogens with two attached hydrogens (primary N) is 1. The number of anilines is 2. The summed E-state index contributed by atoms with van der Waals surface area (Å²) in [5.74, 6) is 0. The van der Waals surface area contributed by atoms with Crippen LogP contribution in [0.2, 0.25) is 0 Å². The van der Waals surface area contributed by atoms with Crippen molar-refractivity contribution in [1.29, 1.82) is 0 Å². The smallest absolute Gasteiger partial charge is 0.0954 e. The fourth-order valence-corrected chi connectivity index (χ4v) is 2.17. The van der Waals surface area contributed by atoms with Gasteiger partial charge < -0.3 is 15.8 Å². The zero-order valence-electron chi connectivity index (χ0n) is 11.1. The van der Waals surface area contributed by atoms with Crippen molar-refractivity contribution in [2.24, 2.45) is 0 Å². The summed E-state index contributed by atoms with van der Waals surface area (Å²) in [6.07, 6.45) is 2.02. The molecule has 1 heterocycles. The van der Waals surface area contributed by atoms with Gasteiger partial charge in [0.15, 0.2) is 0 Å². The van der Waals surface area contributed by atoms with Crippen LogP contribution in [0.4, 0.5) is 11.4 Å². The fourth-order valence-electron chi connectivity index (χ4n) is 1.84. The van der Waals surface area contributed by atoms with E-state index in [9.17, 15) is 0 Å². The van der Waals surface area contributed by atoms with E-state index in [1.54, 1.807) is 6.20 Å². The average molecular weight is 324 g/mol. The zero-order valence-corrected chi connectivity index (χ0v) is 12.7. The van der Waals surface area contributed by atoms with Gasteiger partial charge in [0.2, 0.25) is 0 Å². The molecule has 1 aromatic heterocycles. The lowest BCUT2D eigenvalue weighted by molar-refractivity contribution is 0.0871. The van der Waals surface area contributed by atoms with Crippen molar-refractivity contribution in [3.8, 4) is 0 Å². The van der Waals surface area contributed by atoms with Crippen LogP contribution in [0.1, 0.15) is 13.8 Å². The summed E-state index contributed by atoms with van der Waals surface area (Å²) in [4.78, 5) is 4.43. The van der Waals surface area contributed by atoms with Gasteiger partial charge in [0.1, 0.15) is 0 Å². The lowest BCUT2D eigenvalue weighted by Crippen LogP contribution is -2.13. The minimum absolute atomic E-state index is 0.249. The number of aromatic nitrogens is 1. The van der Waals surface area contributed by atoms with E-state index in [0.29, 0.717) is 6.61 Å². The monoisotopic (exact) mass is 323 g/mol. The maximum absolute atomic E-state index is 5.98. The Labute approximate surface area is 121 Å².